The summed E-state index contributed by atoms with van der Waals surface area (Å²) in [6, 6.07) is 5.81. The van der Waals surface area contributed by atoms with Gasteiger partial charge in [-0.3, -0.25) is 9.69 Å². The van der Waals surface area contributed by atoms with Crippen molar-refractivity contribution in [2.24, 2.45) is 5.73 Å². The van der Waals surface area contributed by atoms with Gasteiger partial charge in [-0.2, -0.15) is 0 Å². The van der Waals surface area contributed by atoms with Crippen LogP contribution >= 0.6 is 0 Å². The number of aryl methyl sites for hydroxylation is 1. The lowest BCUT2D eigenvalue weighted by molar-refractivity contribution is 0.0500. The Morgan fingerprint density at radius 2 is 2.21 bits per heavy atom. The van der Waals surface area contributed by atoms with E-state index < -0.39 is 0 Å². The fourth-order valence-electron chi connectivity index (χ4n) is 2.93. The zero-order chi connectivity index (χ0) is 17.5. The molecule has 0 aliphatic carbocycles. The molecule has 0 saturated carbocycles. The van der Waals surface area contributed by atoms with Crippen LogP contribution in [0.25, 0.3) is 0 Å². The molecule has 0 bridgehead atoms. The van der Waals surface area contributed by atoms with Crippen molar-refractivity contribution in [3.05, 3.63) is 29.3 Å². The number of aliphatic hydroxyl groups excluding tert-OH is 1. The highest BCUT2D eigenvalue weighted by Crippen LogP contribution is 2.22. The van der Waals surface area contributed by atoms with Crippen LogP contribution in [0.3, 0.4) is 0 Å². The summed E-state index contributed by atoms with van der Waals surface area (Å²) in [5.41, 5.74) is 7.16. The summed E-state index contributed by atoms with van der Waals surface area (Å²) >= 11 is 0. The highest BCUT2D eigenvalue weighted by Gasteiger charge is 2.27. The average Bonchev–Trinajstić information content (AvgIpc) is 2.58. The molecule has 2 rings (SSSR count). The van der Waals surface area contributed by atoms with E-state index in [-0.39, 0.29) is 18.6 Å². The first-order chi connectivity index (χ1) is 11.6. The third-order valence-corrected chi connectivity index (χ3v) is 4.57. The largest absolute Gasteiger partial charge is 0.493 e. The van der Waals surface area contributed by atoms with Crippen molar-refractivity contribution in [3.8, 4) is 5.75 Å². The zero-order valence-electron chi connectivity index (χ0n) is 14.7. The van der Waals surface area contributed by atoms with Crippen LogP contribution in [-0.2, 0) is 0 Å². The van der Waals surface area contributed by atoms with Crippen LogP contribution in [0.4, 0.5) is 0 Å². The van der Waals surface area contributed by atoms with Gasteiger partial charge in [-0.05, 0) is 51.1 Å². The van der Waals surface area contributed by atoms with E-state index >= 15 is 0 Å². The van der Waals surface area contributed by atoms with Crippen LogP contribution in [0.1, 0.15) is 28.8 Å². The number of piperazine rings is 1. The van der Waals surface area contributed by atoms with Gasteiger partial charge >= 0.3 is 0 Å². The molecule has 6 heteroatoms. The zero-order valence-corrected chi connectivity index (χ0v) is 14.7. The molecule has 0 unspecified atom stereocenters. The number of ether oxygens (including phenoxy) is 1. The summed E-state index contributed by atoms with van der Waals surface area (Å²) in [5, 5.41) is 9.19. The molecule has 24 heavy (non-hydrogen) atoms. The molecule has 1 atom stereocenters. The van der Waals surface area contributed by atoms with E-state index in [2.05, 4.69) is 4.90 Å². The smallest absolute Gasteiger partial charge is 0.254 e. The highest BCUT2D eigenvalue weighted by atomic mass is 16.5. The number of rotatable bonds is 7. The third-order valence-electron chi connectivity index (χ3n) is 4.57. The van der Waals surface area contributed by atoms with E-state index in [4.69, 9.17) is 10.5 Å². The van der Waals surface area contributed by atoms with Gasteiger partial charge in [0.15, 0.2) is 0 Å². The highest BCUT2D eigenvalue weighted by molar-refractivity contribution is 5.94. The van der Waals surface area contributed by atoms with Crippen LogP contribution in [0, 0.1) is 6.92 Å². The SMILES string of the molecule is Cc1ccc(C(=O)N2CCN(C)[C@@H](CCO)C2)cc1OCCCN. The molecule has 1 aromatic carbocycles. The van der Waals surface area contributed by atoms with E-state index in [1.54, 1.807) is 0 Å². The second-order valence-corrected chi connectivity index (χ2v) is 6.37. The number of hydrogen-bond donors (Lipinski definition) is 2. The van der Waals surface area contributed by atoms with Gasteiger partial charge in [-0.1, -0.05) is 6.07 Å². The molecule has 1 aliphatic heterocycles. The first-order valence-corrected chi connectivity index (χ1v) is 8.60. The molecule has 1 saturated heterocycles. The Balaban J connectivity index is 2.07. The van der Waals surface area contributed by atoms with Crippen molar-refractivity contribution in [1.82, 2.24) is 9.80 Å². The van der Waals surface area contributed by atoms with Gasteiger partial charge in [-0.15, -0.1) is 0 Å². The van der Waals surface area contributed by atoms with E-state index in [1.165, 1.54) is 0 Å². The second-order valence-electron chi connectivity index (χ2n) is 6.37. The van der Waals surface area contributed by atoms with Crippen molar-refractivity contribution in [3.63, 3.8) is 0 Å². The van der Waals surface area contributed by atoms with Crippen LogP contribution in [0.15, 0.2) is 18.2 Å². The number of carbonyl (C=O) groups is 1. The molecule has 1 aromatic rings. The summed E-state index contributed by atoms with van der Waals surface area (Å²) in [5.74, 6) is 0.769. The van der Waals surface area contributed by atoms with Crippen LogP contribution in [-0.4, -0.2) is 73.3 Å². The average molecular weight is 335 g/mol. The Kier molecular flexibility index (Phi) is 7.02. The molecule has 134 valence electrons. The number of likely N-dealkylation sites (N-methyl/N-ethyl adjacent to an activating group) is 1. The molecule has 3 N–H and O–H groups in total. The van der Waals surface area contributed by atoms with E-state index in [1.807, 2.05) is 37.1 Å². The Hall–Kier alpha value is -1.63. The van der Waals surface area contributed by atoms with Gasteiger partial charge in [0.2, 0.25) is 0 Å². The Morgan fingerprint density at radius 1 is 1.42 bits per heavy atom. The molecule has 0 radical (unpaired) electrons. The fourth-order valence-corrected chi connectivity index (χ4v) is 2.93. The van der Waals surface area contributed by atoms with Crippen molar-refractivity contribution in [1.29, 1.82) is 0 Å². The predicted molar refractivity (Wildman–Crippen MR) is 94.4 cm³/mol. The molecular weight excluding hydrogens is 306 g/mol. The molecule has 0 spiro atoms. The normalized spacial score (nSPS) is 18.7. The molecule has 1 fully saturated rings. The van der Waals surface area contributed by atoms with Crippen LogP contribution < -0.4 is 10.5 Å². The van der Waals surface area contributed by atoms with Crippen LogP contribution in [0.2, 0.25) is 0 Å². The standard InChI is InChI=1S/C18H29N3O3/c1-14-4-5-15(12-17(14)24-11-3-7-19)18(23)21-9-8-20(2)16(13-21)6-10-22/h4-5,12,16,22H,3,6-11,13,19H2,1-2H3/t16-/m0/s1. The first-order valence-electron chi connectivity index (χ1n) is 8.60. The summed E-state index contributed by atoms with van der Waals surface area (Å²) in [6.45, 7) is 5.43. The lowest BCUT2D eigenvalue weighted by Gasteiger charge is -2.39. The maximum Gasteiger partial charge on any atom is 0.254 e. The lowest BCUT2D eigenvalue weighted by atomic mass is 10.1. The second kappa shape index (κ2) is 9.01. The molecule has 1 aliphatic rings. The van der Waals surface area contributed by atoms with E-state index in [0.717, 1.165) is 24.3 Å². The van der Waals surface area contributed by atoms with Gasteiger partial charge in [0.05, 0.1) is 6.61 Å². The predicted octanol–water partition coefficient (Wildman–Crippen LogP) is 0.861. The van der Waals surface area contributed by atoms with Crippen molar-refractivity contribution < 1.29 is 14.6 Å². The van der Waals surface area contributed by atoms with Crippen LogP contribution in [0.5, 0.6) is 5.75 Å². The monoisotopic (exact) mass is 335 g/mol. The van der Waals surface area contributed by atoms with Crippen molar-refractivity contribution in [2.45, 2.75) is 25.8 Å². The molecule has 0 aromatic heterocycles. The molecule has 1 amide bonds. The van der Waals surface area contributed by atoms with E-state index in [9.17, 15) is 9.90 Å². The van der Waals surface area contributed by atoms with Gasteiger partial charge in [-0.25, -0.2) is 0 Å². The van der Waals surface area contributed by atoms with Gasteiger partial charge in [0.1, 0.15) is 5.75 Å². The molecular formula is C18H29N3O3. The van der Waals surface area contributed by atoms with Crippen molar-refractivity contribution >= 4 is 5.91 Å². The maximum atomic E-state index is 12.8. The third kappa shape index (κ3) is 4.69. The first kappa shape index (κ1) is 18.7. The Bertz CT molecular complexity index is 550. The number of nitrogens with zero attached hydrogens (tertiary/aromatic N) is 2. The summed E-state index contributed by atoms with van der Waals surface area (Å²) in [7, 11) is 2.04. The van der Waals surface area contributed by atoms with Gasteiger partial charge in [0.25, 0.3) is 5.91 Å². The number of carbonyl (C=O) groups excluding carboxylic acids is 1. The van der Waals surface area contributed by atoms with Gasteiger partial charge < -0.3 is 20.5 Å². The molecule has 1 heterocycles. The number of benzene rings is 1. The summed E-state index contributed by atoms with van der Waals surface area (Å²) in [4.78, 5) is 16.9. The number of amides is 1. The topological polar surface area (TPSA) is 79.0 Å². The fraction of sp³-hybridized carbons (Fsp3) is 0.611. The number of nitrogens with two attached hydrogens (primary N) is 1. The molecule has 6 nitrogen and oxygen atoms in total. The lowest BCUT2D eigenvalue weighted by Crippen LogP contribution is -2.53. The Labute approximate surface area is 144 Å². The minimum Gasteiger partial charge on any atom is -0.493 e. The van der Waals surface area contributed by atoms with Gasteiger partial charge in [0, 0.05) is 37.8 Å². The summed E-state index contributed by atoms with van der Waals surface area (Å²) < 4.78 is 5.74. The summed E-state index contributed by atoms with van der Waals surface area (Å²) in [6.07, 6.45) is 1.47. The minimum absolute atomic E-state index is 0.0229. The quantitative estimate of drug-likeness (QED) is 0.723. The maximum absolute atomic E-state index is 12.8. The minimum atomic E-state index is 0.0229. The number of aliphatic hydroxyl groups is 1. The Morgan fingerprint density at radius 3 is 2.92 bits per heavy atom. The van der Waals surface area contributed by atoms with E-state index in [0.29, 0.717) is 38.2 Å². The van der Waals surface area contributed by atoms with Crippen molar-refractivity contribution in [2.75, 3.05) is 46.4 Å². The number of hydrogen-bond acceptors (Lipinski definition) is 5.